The molecule has 3 aromatic rings. The van der Waals surface area contributed by atoms with E-state index in [-0.39, 0.29) is 0 Å². The maximum atomic E-state index is 5.86. The highest BCUT2D eigenvalue weighted by molar-refractivity contribution is 5.69. The molecule has 0 amide bonds. The zero-order valence-corrected chi connectivity index (χ0v) is 27.4. The molecule has 0 aromatic heterocycles. The lowest BCUT2D eigenvalue weighted by Gasteiger charge is -2.39. The van der Waals surface area contributed by atoms with E-state index in [0.29, 0.717) is 23.5 Å². The third kappa shape index (κ3) is 7.35. The van der Waals surface area contributed by atoms with Gasteiger partial charge in [-0.25, -0.2) is 0 Å². The molecule has 0 spiro atoms. The van der Waals surface area contributed by atoms with Crippen LogP contribution in [0.2, 0.25) is 0 Å². The van der Waals surface area contributed by atoms with Gasteiger partial charge in [0.15, 0.2) is 11.5 Å². The maximum absolute atomic E-state index is 5.86. The molecule has 5 rings (SSSR count). The summed E-state index contributed by atoms with van der Waals surface area (Å²) in [6.07, 6.45) is 11.1. The average molecular weight is 601 g/mol. The predicted octanol–water partition coefficient (Wildman–Crippen LogP) is 7.89. The first-order valence-corrected chi connectivity index (χ1v) is 16.6. The van der Waals surface area contributed by atoms with Crippen LogP contribution in [0.5, 0.6) is 23.0 Å². The van der Waals surface area contributed by atoms with Crippen molar-refractivity contribution in [2.75, 3.05) is 61.2 Å². The Labute approximate surface area is 265 Å². The van der Waals surface area contributed by atoms with Crippen molar-refractivity contribution in [1.29, 1.82) is 0 Å². The van der Waals surface area contributed by atoms with Gasteiger partial charge in [0, 0.05) is 37.3 Å². The van der Waals surface area contributed by atoms with Crippen LogP contribution in [-0.2, 0) is 6.42 Å². The summed E-state index contributed by atoms with van der Waals surface area (Å²) in [5, 5.41) is 0. The molecular formula is C38H52N2O4. The van der Waals surface area contributed by atoms with Crippen molar-refractivity contribution in [3.05, 3.63) is 82.9 Å². The van der Waals surface area contributed by atoms with Crippen LogP contribution in [0.25, 0.3) is 0 Å². The zero-order valence-electron chi connectivity index (χ0n) is 27.4. The summed E-state index contributed by atoms with van der Waals surface area (Å²) in [6, 6.07) is 22.3. The molecule has 3 aromatic carbocycles. The molecule has 1 unspecified atom stereocenters. The summed E-state index contributed by atoms with van der Waals surface area (Å²) in [4.78, 5) is 5.34. The van der Waals surface area contributed by atoms with E-state index in [1.54, 1.807) is 28.4 Å². The molecule has 0 bridgehead atoms. The monoisotopic (exact) mass is 600 g/mol. The van der Waals surface area contributed by atoms with E-state index in [2.05, 4.69) is 70.5 Å². The third-order valence-electron chi connectivity index (χ3n) is 9.71. The number of benzene rings is 3. The van der Waals surface area contributed by atoms with Crippen LogP contribution in [0.4, 0.5) is 0 Å². The highest BCUT2D eigenvalue weighted by Gasteiger charge is 2.35. The Hall–Kier alpha value is -3.22. The Kier molecular flexibility index (Phi) is 11.8. The molecule has 1 aliphatic carbocycles. The first kappa shape index (κ1) is 32.2. The first-order valence-electron chi connectivity index (χ1n) is 16.6. The highest BCUT2D eigenvalue weighted by Crippen LogP contribution is 2.56. The smallest absolute Gasteiger partial charge is 0.207 e. The van der Waals surface area contributed by atoms with Crippen molar-refractivity contribution in [3.63, 3.8) is 0 Å². The van der Waals surface area contributed by atoms with Crippen molar-refractivity contribution in [3.8, 4) is 23.0 Å². The lowest BCUT2D eigenvalue weighted by Crippen LogP contribution is -2.48. The van der Waals surface area contributed by atoms with Gasteiger partial charge in [-0.3, -0.25) is 4.90 Å². The van der Waals surface area contributed by atoms with Gasteiger partial charge in [0.05, 0.1) is 34.5 Å². The Morgan fingerprint density at radius 1 is 0.614 bits per heavy atom. The summed E-state index contributed by atoms with van der Waals surface area (Å²) in [6.45, 7) is 5.77. The van der Waals surface area contributed by atoms with E-state index in [1.165, 1.54) is 73.7 Å². The number of fused-ring (bicyclic) bond motifs is 1. The van der Waals surface area contributed by atoms with Gasteiger partial charge in [0.2, 0.25) is 11.5 Å². The summed E-state index contributed by atoms with van der Waals surface area (Å²) < 4.78 is 23.0. The summed E-state index contributed by atoms with van der Waals surface area (Å²) >= 11 is 0. The van der Waals surface area contributed by atoms with Crippen molar-refractivity contribution in [2.24, 2.45) is 0 Å². The van der Waals surface area contributed by atoms with Crippen molar-refractivity contribution in [2.45, 2.75) is 69.7 Å². The number of piperazine rings is 1. The molecular weight excluding hydrogens is 548 g/mol. The van der Waals surface area contributed by atoms with Crippen LogP contribution in [0, 0.1) is 0 Å². The predicted molar refractivity (Wildman–Crippen MR) is 179 cm³/mol. The molecule has 6 nitrogen and oxygen atoms in total. The van der Waals surface area contributed by atoms with Crippen molar-refractivity contribution >= 4 is 0 Å². The van der Waals surface area contributed by atoms with E-state index in [9.17, 15) is 0 Å². The lowest BCUT2D eigenvalue weighted by atomic mass is 9.93. The molecule has 238 valence electrons. The minimum Gasteiger partial charge on any atom is -0.492 e. The molecule has 0 N–H and O–H groups in total. The molecule has 1 saturated heterocycles. The number of methoxy groups -OCH3 is 4. The normalized spacial score (nSPS) is 17.1. The van der Waals surface area contributed by atoms with Gasteiger partial charge in [-0.05, 0) is 49.3 Å². The maximum Gasteiger partial charge on any atom is 0.207 e. The van der Waals surface area contributed by atoms with Gasteiger partial charge in [0.25, 0.3) is 0 Å². The first-order chi connectivity index (χ1) is 21.7. The number of hydrogen-bond acceptors (Lipinski definition) is 6. The number of hydrogen-bond donors (Lipinski definition) is 0. The van der Waals surface area contributed by atoms with Crippen LogP contribution in [0.15, 0.2) is 60.7 Å². The molecule has 2 aliphatic rings. The van der Waals surface area contributed by atoms with E-state index in [4.69, 9.17) is 18.9 Å². The molecule has 1 atom stereocenters. The Morgan fingerprint density at radius 2 is 1.14 bits per heavy atom. The summed E-state index contributed by atoms with van der Waals surface area (Å²) in [5.41, 5.74) is 5.27. The standard InChI is InChI=1S/C38H52N2O4/c1-41-35-32-23-22-29(33(32)36(42-2)38(44-4)37(35)43-3)17-11-7-5-6-8-16-24-39-25-27-40(28-26-39)34(30-18-12-9-13-19-30)31-20-14-10-15-21-31/h9-10,12-15,18-21,29,34H,5-8,11,16-17,22-28H2,1-4H3. The topological polar surface area (TPSA) is 43.4 Å². The molecule has 6 heteroatoms. The number of nitrogens with zero attached hydrogens (tertiary/aromatic N) is 2. The van der Waals surface area contributed by atoms with Gasteiger partial charge in [-0.1, -0.05) is 92.8 Å². The summed E-state index contributed by atoms with van der Waals surface area (Å²) in [7, 11) is 6.77. The zero-order chi connectivity index (χ0) is 30.7. The molecule has 1 aliphatic heterocycles. The fourth-order valence-electron chi connectivity index (χ4n) is 7.51. The van der Waals surface area contributed by atoms with E-state index in [0.717, 1.165) is 50.5 Å². The average Bonchev–Trinajstić information content (AvgIpc) is 3.49. The largest absolute Gasteiger partial charge is 0.492 e. The van der Waals surface area contributed by atoms with Gasteiger partial charge in [0.1, 0.15) is 0 Å². The molecule has 0 radical (unpaired) electrons. The van der Waals surface area contributed by atoms with Crippen LogP contribution in [-0.4, -0.2) is 71.0 Å². The second kappa shape index (κ2) is 16.2. The van der Waals surface area contributed by atoms with Crippen molar-refractivity contribution in [1.82, 2.24) is 9.80 Å². The quantitative estimate of drug-likeness (QED) is 0.156. The molecule has 44 heavy (non-hydrogen) atoms. The van der Waals surface area contributed by atoms with Crippen LogP contribution in [0.1, 0.15) is 85.6 Å². The van der Waals surface area contributed by atoms with Crippen LogP contribution < -0.4 is 18.9 Å². The Balaban J connectivity index is 1.02. The second-order valence-corrected chi connectivity index (χ2v) is 12.3. The fourth-order valence-corrected chi connectivity index (χ4v) is 7.51. The molecule has 0 saturated carbocycles. The number of rotatable bonds is 16. The van der Waals surface area contributed by atoms with E-state index in [1.807, 2.05) is 0 Å². The second-order valence-electron chi connectivity index (χ2n) is 12.3. The SMILES string of the molecule is COc1c2c(c(OC)c(OC)c1OC)C(CCCCCCCCN1CCN(C(c3ccccc3)c3ccccc3)CC1)CC2. The lowest BCUT2D eigenvalue weighted by molar-refractivity contribution is 0.108. The van der Waals surface area contributed by atoms with Gasteiger partial charge in [-0.15, -0.1) is 0 Å². The molecule has 1 fully saturated rings. The Morgan fingerprint density at radius 3 is 1.70 bits per heavy atom. The van der Waals surface area contributed by atoms with Crippen LogP contribution >= 0.6 is 0 Å². The van der Waals surface area contributed by atoms with E-state index >= 15 is 0 Å². The van der Waals surface area contributed by atoms with Gasteiger partial charge in [-0.2, -0.15) is 0 Å². The minimum absolute atomic E-state index is 0.338. The van der Waals surface area contributed by atoms with Crippen LogP contribution in [0.3, 0.4) is 0 Å². The third-order valence-corrected chi connectivity index (χ3v) is 9.71. The number of unbranched alkanes of at least 4 members (excludes halogenated alkanes) is 5. The molecule has 1 heterocycles. The van der Waals surface area contributed by atoms with Crippen molar-refractivity contribution < 1.29 is 18.9 Å². The van der Waals surface area contributed by atoms with E-state index < -0.39 is 0 Å². The Bertz CT molecular complexity index is 1250. The highest BCUT2D eigenvalue weighted by atomic mass is 16.5. The minimum atomic E-state index is 0.338. The van der Waals surface area contributed by atoms with Gasteiger partial charge < -0.3 is 23.8 Å². The fraction of sp³-hybridized carbons (Fsp3) is 0.526. The van der Waals surface area contributed by atoms with Gasteiger partial charge >= 0.3 is 0 Å². The number of ether oxygens (including phenoxy) is 4. The summed E-state index contributed by atoms with van der Waals surface area (Å²) in [5.74, 6) is 3.38.